The van der Waals surface area contributed by atoms with Crippen LogP contribution in [0.25, 0.3) is 11.0 Å². The molecular weight excluding hydrogens is 436 g/mol. The van der Waals surface area contributed by atoms with Crippen molar-refractivity contribution in [2.45, 2.75) is 38.0 Å². The number of pyridine rings is 1. The molecule has 1 saturated heterocycles. The number of anilines is 1. The molecule has 3 heterocycles. The van der Waals surface area contributed by atoms with Crippen LogP contribution in [0.3, 0.4) is 0 Å². The summed E-state index contributed by atoms with van der Waals surface area (Å²) in [5.74, 6) is -2.26. The summed E-state index contributed by atoms with van der Waals surface area (Å²) in [6.07, 6.45) is 3.21. The lowest BCUT2D eigenvalue weighted by Gasteiger charge is -2.36. The fourth-order valence-electron chi connectivity index (χ4n) is 3.50. The van der Waals surface area contributed by atoms with Crippen molar-refractivity contribution in [3.63, 3.8) is 0 Å². The van der Waals surface area contributed by atoms with Gasteiger partial charge in [0.15, 0.2) is 17.4 Å². The summed E-state index contributed by atoms with van der Waals surface area (Å²) in [5, 5.41) is 11.4. The van der Waals surface area contributed by atoms with E-state index in [1.165, 1.54) is 12.3 Å². The van der Waals surface area contributed by atoms with Crippen molar-refractivity contribution in [1.82, 2.24) is 9.55 Å². The zero-order valence-corrected chi connectivity index (χ0v) is 19.3. The zero-order valence-electron chi connectivity index (χ0n) is 18.3. The number of nitrogens with zero attached hydrogens (tertiary/aromatic N) is 2. The average Bonchev–Trinajstić information content (AvgIpc) is 3.05. The van der Waals surface area contributed by atoms with Crippen LogP contribution < -0.4 is 10.5 Å². The van der Waals surface area contributed by atoms with Gasteiger partial charge in [-0.05, 0) is 12.1 Å². The van der Waals surface area contributed by atoms with Crippen LogP contribution in [-0.2, 0) is 21.8 Å². The number of aromatic nitrogens is 2. The topological polar surface area (TPSA) is 91.8 Å². The molecule has 1 aliphatic rings. The second-order valence-electron chi connectivity index (χ2n) is 9.31. The molecule has 0 aliphatic carbocycles. The Hall–Kier alpha value is -2.53. The van der Waals surface area contributed by atoms with E-state index in [-0.39, 0.29) is 31.4 Å². The maximum Gasteiger partial charge on any atom is 0.198 e. The first-order valence-electron chi connectivity index (χ1n) is 10.4. The van der Waals surface area contributed by atoms with Crippen LogP contribution in [0.1, 0.15) is 5.56 Å². The van der Waals surface area contributed by atoms with Crippen molar-refractivity contribution < 1.29 is 28.1 Å². The Labute approximate surface area is 185 Å². The van der Waals surface area contributed by atoms with E-state index in [1.807, 2.05) is 0 Å². The first-order valence-corrected chi connectivity index (χ1v) is 14.1. The van der Waals surface area contributed by atoms with Gasteiger partial charge in [0.1, 0.15) is 23.7 Å². The van der Waals surface area contributed by atoms with Crippen LogP contribution in [0.5, 0.6) is 11.5 Å². The maximum atomic E-state index is 14.4. The quantitative estimate of drug-likeness (QED) is 0.295. The van der Waals surface area contributed by atoms with Crippen molar-refractivity contribution in [2.24, 2.45) is 0 Å². The lowest BCUT2D eigenvalue weighted by molar-refractivity contribution is -0.184. The van der Waals surface area contributed by atoms with Gasteiger partial charge in [0, 0.05) is 50.5 Å². The predicted molar refractivity (Wildman–Crippen MR) is 119 cm³/mol. The second kappa shape index (κ2) is 8.43. The minimum absolute atomic E-state index is 0.0459. The van der Waals surface area contributed by atoms with Crippen LogP contribution >= 0.6 is 0 Å². The highest BCUT2D eigenvalue weighted by Gasteiger charge is 2.41. The highest BCUT2D eigenvalue weighted by Crippen LogP contribution is 2.41. The van der Waals surface area contributed by atoms with Crippen molar-refractivity contribution in [3.05, 3.63) is 47.8 Å². The van der Waals surface area contributed by atoms with Crippen molar-refractivity contribution in [2.75, 3.05) is 25.6 Å². The Balaban J connectivity index is 1.72. The van der Waals surface area contributed by atoms with E-state index in [0.717, 1.165) is 18.2 Å². The van der Waals surface area contributed by atoms with Gasteiger partial charge in [0.05, 0.1) is 18.6 Å². The molecule has 3 aromatic rings. The molecule has 2 aromatic heterocycles. The first-order chi connectivity index (χ1) is 15.1. The summed E-state index contributed by atoms with van der Waals surface area (Å²) in [6, 6.07) is 4.49. The van der Waals surface area contributed by atoms with E-state index in [9.17, 15) is 13.9 Å². The van der Waals surface area contributed by atoms with Crippen LogP contribution in [0.4, 0.5) is 14.5 Å². The second-order valence-corrected chi connectivity index (χ2v) is 14.9. The van der Waals surface area contributed by atoms with E-state index in [4.69, 9.17) is 19.9 Å². The smallest absolute Gasteiger partial charge is 0.198 e. The number of nitrogen functional groups attached to an aromatic ring is 1. The third-order valence-corrected chi connectivity index (χ3v) is 7.07. The number of nitrogens with two attached hydrogens (primary N) is 1. The molecule has 1 fully saturated rings. The fourth-order valence-corrected chi connectivity index (χ4v) is 4.26. The van der Waals surface area contributed by atoms with Gasteiger partial charge in [0.2, 0.25) is 0 Å². The van der Waals surface area contributed by atoms with Gasteiger partial charge in [0.25, 0.3) is 0 Å². The van der Waals surface area contributed by atoms with Crippen LogP contribution in [-0.4, -0.2) is 42.6 Å². The van der Waals surface area contributed by atoms with E-state index in [1.54, 1.807) is 10.8 Å². The minimum Gasteiger partial charge on any atom is -0.450 e. The fraction of sp³-hybridized carbons (Fsp3) is 0.409. The van der Waals surface area contributed by atoms with Gasteiger partial charge >= 0.3 is 0 Å². The third kappa shape index (κ3) is 4.49. The molecule has 10 heteroatoms. The highest BCUT2D eigenvalue weighted by molar-refractivity contribution is 6.76. The number of benzene rings is 1. The largest absolute Gasteiger partial charge is 0.450 e. The third-order valence-electron chi connectivity index (χ3n) is 5.36. The molecule has 1 aromatic carbocycles. The summed E-state index contributed by atoms with van der Waals surface area (Å²) in [6.45, 7) is 7.84. The van der Waals surface area contributed by atoms with Crippen molar-refractivity contribution in [1.29, 1.82) is 0 Å². The molecule has 0 spiro atoms. The summed E-state index contributed by atoms with van der Waals surface area (Å²) in [7, 11) is -1.24. The van der Waals surface area contributed by atoms with Gasteiger partial charge in [-0.15, -0.1) is 0 Å². The molecule has 0 bridgehead atoms. The molecule has 3 N–H and O–H groups in total. The molecule has 172 valence electrons. The molecule has 0 atom stereocenters. The number of hydrogen-bond acceptors (Lipinski definition) is 6. The zero-order chi connectivity index (χ0) is 23.1. The number of ether oxygens (including phenoxy) is 3. The summed E-state index contributed by atoms with van der Waals surface area (Å²) in [5.41, 5.74) is 5.19. The van der Waals surface area contributed by atoms with Crippen molar-refractivity contribution >= 4 is 24.8 Å². The lowest BCUT2D eigenvalue weighted by Crippen LogP contribution is -2.46. The molecule has 0 saturated carbocycles. The number of aliphatic hydroxyl groups is 1. The monoisotopic (exact) mass is 463 g/mol. The Morgan fingerprint density at radius 3 is 2.53 bits per heavy atom. The van der Waals surface area contributed by atoms with E-state index in [2.05, 4.69) is 24.6 Å². The molecule has 0 amide bonds. The minimum atomic E-state index is -1.25. The Bertz CT molecular complexity index is 1120. The number of fused-ring (bicyclic) bond motifs is 1. The van der Waals surface area contributed by atoms with Gasteiger partial charge in [-0.3, -0.25) is 0 Å². The number of halogens is 2. The molecule has 0 radical (unpaired) electrons. The van der Waals surface area contributed by atoms with E-state index < -0.39 is 31.1 Å². The molecule has 0 unspecified atom stereocenters. The van der Waals surface area contributed by atoms with Crippen LogP contribution in [0, 0.1) is 11.6 Å². The van der Waals surface area contributed by atoms with E-state index >= 15 is 0 Å². The summed E-state index contributed by atoms with van der Waals surface area (Å²) in [4.78, 5) is 4.41. The summed E-state index contributed by atoms with van der Waals surface area (Å²) < 4.78 is 47.2. The first kappa shape index (κ1) is 22.7. The van der Waals surface area contributed by atoms with Crippen LogP contribution in [0.15, 0.2) is 30.6 Å². The Kier molecular flexibility index (Phi) is 5.97. The average molecular weight is 464 g/mol. The SMILES string of the molecule is C[Si](C)(C)CCOCn1cc(C2(O)COC2)c2c(Oc3c(F)cc(N)cc3F)ccnc21. The van der Waals surface area contributed by atoms with Gasteiger partial charge in [-0.2, -0.15) is 0 Å². The standard InChI is InChI=1S/C22H27F2N3O4Si/c1-32(2,3)7-6-29-13-27-10-15(22(28)11-30-12-22)19-18(4-5-26-21(19)27)31-20-16(23)8-14(25)9-17(20)24/h4-5,8-10,28H,6-7,11-13,25H2,1-3H3. The van der Waals surface area contributed by atoms with Crippen molar-refractivity contribution in [3.8, 4) is 11.5 Å². The highest BCUT2D eigenvalue weighted by atomic mass is 28.3. The normalized spacial score (nSPS) is 15.7. The molecule has 4 rings (SSSR count). The summed E-state index contributed by atoms with van der Waals surface area (Å²) >= 11 is 0. The van der Waals surface area contributed by atoms with Gasteiger partial charge in [-0.1, -0.05) is 19.6 Å². The molecule has 32 heavy (non-hydrogen) atoms. The lowest BCUT2D eigenvalue weighted by atomic mass is 9.92. The van der Waals surface area contributed by atoms with Gasteiger partial charge in [-0.25, -0.2) is 13.8 Å². The van der Waals surface area contributed by atoms with Crippen LogP contribution in [0.2, 0.25) is 25.7 Å². The Morgan fingerprint density at radius 2 is 1.94 bits per heavy atom. The number of rotatable bonds is 8. The molecule has 1 aliphatic heterocycles. The number of hydrogen-bond donors (Lipinski definition) is 2. The maximum absolute atomic E-state index is 14.4. The van der Waals surface area contributed by atoms with E-state index in [0.29, 0.717) is 23.2 Å². The molecular formula is C22H27F2N3O4Si. The predicted octanol–water partition coefficient (Wildman–Crippen LogP) is 4.22. The van der Waals surface area contributed by atoms with Gasteiger partial charge < -0.3 is 29.6 Å². The molecule has 7 nitrogen and oxygen atoms in total. The Morgan fingerprint density at radius 1 is 1.25 bits per heavy atom.